The van der Waals surface area contributed by atoms with Gasteiger partial charge in [0.2, 0.25) is 11.8 Å². The molecule has 0 spiro atoms. The summed E-state index contributed by atoms with van der Waals surface area (Å²) in [5.74, 6) is -0.593. The molecule has 0 aliphatic carbocycles. The Morgan fingerprint density at radius 2 is 2.05 bits per heavy atom. The molecule has 19 heavy (non-hydrogen) atoms. The van der Waals surface area contributed by atoms with E-state index in [9.17, 15) is 9.59 Å². The molecule has 1 heterocycles. The molecule has 0 saturated carbocycles. The number of carbonyl (C=O) groups excluding carboxylic acids is 2. The van der Waals surface area contributed by atoms with Gasteiger partial charge in [0.1, 0.15) is 0 Å². The quantitative estimate of drug-likeness (QED) is 0.926. The average Bonchev–Trinajstić information content (AvgIpc) is 2.83. The Morgan fingerprint density at radius 3 is 2.63 bits per heavy atom. The van der Waals surface area contributed by atoms with Gasteiger partial charge in [-0.2, -0.15) is 0 Å². The standard InChI is InChI=1S/C13H14Cl2N2O2/c14-10-2-1-8(5-11(10)15)6-12(18)17-4-3-9(7-17)13(16)19/h1-2,5,9H,3-4,6-7H2,(H2,16,19)/t9-/m0/s1. The van der Waals surface area contributed by atoms with Crippen molar-refractivity contribution < 1.29 is 9.59 Å². The van der Waals surface area contributed by atoms with Gasteiger partial charge in [-0.15, -0.1) is 0 Å². The third-order valence-electron chi connectivity index (χ3n) is 3.28. The monoisotopic (exact) mass is 300 g/mol. The first-order valence-electron chi connectivity index (χ1n) is 5.98. The molecular weight excluding hydrogens is 287 g/mol. The van der Waals surface area contributed by atoms with Crippen LogP contribution in [0.15, 0.2) is 18.2 Å². The highest BCUT2D eigenvalue weighted by molar-refractivity contribution is 6.42. The van der Waals surface area contributed by atoms with Gasteiger partial charge in [-0.25, -0.2) is 0 Å². The summed E-state index contributed by atoms with van der Waals surface area (Å²) in [6.07, 6.45) is 0.894. The van der Waals surface area contributed by atoms with Gasteiger partial charge in [-0.1, -0.05) is 29.3 Å². The van der Waals surface area contributed by atoms with Gasteiger partial charge in [-0.3, -0.25) is 9.59 Å². The molecule has 1 atom stereocenters. The average molecular weight is 301 g/mol. The number of nitrogens with zero attached hydrogens (tertiary/aromatic N) is 1. The van der Waals surface area contributed by atoms with Gasteiger partial charge in [0, 0.05) is 13.1 Å². The number of rotatable bonds is 3. The molecular formula is C13H14Cl2N2O2. The van der Waals surface area contributed by atoms with Gasteiger partial charge in [0.25, 0.3) is 0 Å². The molecule has 1 aromatic rings. The third-order valence-corrected chi connectivity index (χ3v) is 4.02. The highest BCUT2D eigenvalue weighted by atomic mass is 35.5. The van der Waals surface area contributed by atoms with E-state index in [0.717, 1.165) is 5.56 Å². The second kappa shape index (κ2) is 5.80. The molecule has 102 valence electrons. The highest BCUT2D eigenvalue weighted by Gasteiger charge is 2.29. The number of benzene rings is 1. The molecule has 4 nitrogen and oxygen atoms in total. The van der Waals surface area contributed by atoms with Crippen molar-refractivity contribution in [3.05, 3.63) is 33.8 Å². The van der Waals surface area contributed by atoms with Crippen molar-refractivity contribution in [2.75, 3.05) is 13.1 Å². The minimum absolute atomic E-state index is 0.0258. The number of halogens is 2. The first-order valence-corrected chi connectivity index (χ1v) is 6.74. The number of hydrogen-bond acceptors (Lipinski definition) is 2. The molecule has 0 bridgehead atoms. The smallest absolute Gasteiger partial charge is 0.227 e. The van der Waals surface area contributed by atoms with E-state index in [-0.39, 0.29) is 24.2 Å². The maximum absolute atomic E-state index is 12.1. The Kier molecular flexibility index (Phi) is 4.32. The fourth-order valence-electron chi connectivity index (χ4n) is 2.16. The summed E-state index contributed by atoms with van der Waals surface area (Å²) in [6, 6.07) is 5.12. The van der Waals surface area contributed by atoms with Crippen LogP contribution in [0.2, 0.25) is 10.0 Å². The van der Waals surface area contributed by atoms with Gasteiger partial charge in [0.15, 0.2) is 0 Å². The van der Waals surface area contributed by atoms with E-state index in [1.54, 1.807) is 23.1 Å². The molecule has 1 aliphatic rings. The Bertz CT molecular complexity index is 519. The molecule has 6 heteroatoms. The van der Waals surface area contributed by atoms with E-state index in [1.807, 2.05) is 0 Å². The van der Waals surface area contributed by atoms with Crippen LogP contribution in [0, 0.1) is 5.92 Å². The molecule has 2 amide bonds. The van der Waals surface area contributed by atoms with Crippen molar-refractivity contribution in [3.8, 4) is 0 Å². The molecule has 1 aliphatic heterocycles. The second-order valence-corrected chi connectivity index (χ2v) is 5.47. The topological polar surface area (TPSA) is 63.4 Å². The maximum atomic E-state index is 12.1. The summed E-state index contributed by atoms with van der Waals surface area (Å²) in [4.78, 5) is 24.8. The summed E-state index contributed by atoms with van der Waals surface area (Å²) in [7, 11) is 0. The van der Waals surface area contributed by atoms with Crippen molar-refractivity contribution in [3.63, 3.8) is 0 Å². The van der Waals surface area contributed by atoms with Crippen LogP contribution < -0.4 is 5.73 Å². The Labute approximate surface area is 121 Å². The van der Waals surface area contributed by atoms with E-state index in [4.69, 9.17) is 28.9 Å². The first kappa shape index (κ1) is 14.2. The summed E-state index contributed by atoms with van der Waals surface area (Å²) >= 11 is 11.7. The zero-order valence-corrected chi connectivity index (χ0v) is 11.7. The second-order valence-electron chi connectivity index (χ2n) is 4.65. The van der Waals surface area contributed by atoms with Gasteiger partial charge in [-0.05, 0) is 24.1 Å². The summed E-state index contributed by atoms with van der Waals surface area (Å²) in [5, 5.41) is 0.899. The van der Waals surface area contributed by atoms with Crippen LogP contribution in [0.1, 0.15) is 12.0 Å². The van der Waals surface area contributed by atoms with Gasteiger partial charge in [0.05, 0.1) is 22.4 Å². The number of nitrogens with two attached hydrogens (primary N) is 1. The molecule has 0 unspecified atom stereocenters. The maximum Gasteiger partial charge on any atom is 0.227 e. The lowest BCUT2D eigenvalue weighted by Crippen LogP contribution is -2.32. The molecule has 1 saturated heterocycles. The molecule has 2 rings (SSSR count). The van der Waals surface area contributed by atoms with Crippen molar-refractivity contribution in [2.24, 2.45) is 11.7 Å². The van der Waals surface area contributed by atoms with Gasteiger partial charge < -0.3 is 10.6 Å². The first-order chi connectivity index (χ1) is 8.97. The van der Waals surface area contributed by atoms with E-state index in [0.29, 0.717) is 29.6 Å². The summed E-state index contributed by atoms with van der Waals surface area (Å²) in [5.41, 5.74) is 6.05. The van der Waals surface area contributed by atoms with Crippen LogP contribution in [0.3, 0.4) is 0 Å². The van der Waals surface area contributed by atoms with Gasteiger partial charge >= 0.3 is 0 Å². The van der Waals surface area contributed by atoms with Crippen molar-refractivity contribution in [1.82, 2.24) is 4.90 Å². The predicted octanol–water partition coefficient (Wildman–Crippen LogP) is 1.87. The molecule has 1 aromatic carbocycles. The molecule has 0 radical (unpaired) electrons. The summed E-state index contributed by atoms with van der Waals surface area (Å²) < 4.78 is 0. The van der Waals surface area contributed by atoms with Crippen LogP contribution in [0.5, 0.6) is 0 Å². The van der Waals surface area contributed by atoms with Crippen LogP contribution >= 0.6 is 23.2 Å². The Hall–Kier alpha value is -1.26. The SMILES string of the molecule is NC(=O)[C@H]1CCN(C(=O)Cc2ccc(Cl)c(Cl)c2)C1. The van der Waals surface area contributed by atoms with Crippen molar-refractivity contribution in [2.45, 2.75) is 12.8 Å². The van der Waals surface area contributed by atoms with E-state index >= 15 is 0 Å². The Morgan fingerprint density at radius 1 is 1.32 bits per heavy atom. The number of hydrogen-bond donors (Lipinski definition) is 1. The lowest BCUT2D eigenvalue weighted by Gasteiger charge is -2.16. The number of amides is 2. The molecule has 0 aromatic heterocycles. The number of likely N-dealkylation sites (tertiary alicyclic amines) is 1. The lowest BCUT2D eigenvalue weighted by atomic mass is 10.1. The summed E-state index contributed by atoms with van der Waals surface area (Å²) in [6.45, 7) is 0.989. The third kappa shape index (κ3) is 3.39. The number of carbonyl (C=O) groups is 2. The van der Waals surface area contributed by atoms with Crippen LogP contribution in [0.25, 0.3) is 0 Å². The minimum Gasteiger partial charge on any atom is -0.369 e. The van der Waals surface area contributed by atoms with Crippen LogP contribution in [0.4, 0.5) is 0 Å². The fraction of sp³-hybridized carbons (Fsp3) is 0.385. The lowest BCUT2D eigenvalue weighted by molar-refractivity contribution is -0.129. The van der Waals surface area contributed by atoms with Crippen LogP contribution in [-0.4, -0.2) is 29.8 Å². The van der Waals surface area contributed by atoms with Crippen molar-refractivity contribution in [1.29, 1.82) is 0 Å². The molecule has 2 N–H and O–H groups in total. The number of primary amides is 1. The largest absolute Gasteiger partial charge is 0.369 e. The predicted molar refractivity (Wildman–Crippen MR) is 74.0 cm³/mol. The highest BCUT2D eigenvalue weighted by Crippen LogP contribution is 2.23. The van der Waals surface area contributed by atoms with E-state index in [1.165, 1.54) is 0 Å². The normalized spacial score (nSPS) is 18.6. The van der Waals surface area contributed by atoms with E-state index in [2.05, 4.69) is 0 Å². The molecule has 1 fully saturated rings. The Balaban J connectivity index is 1.98. The zero-order chi connectivity index (χ0) is 14.0. The van der Waals surface area contributed by atoms with Crippen LogP contribution in [-0.2, 0) is 16.0 Å². The minimum atomic E-state index is -0.343. The zero-order valence-electron chi connectivity index (χ0n) is 10.2. The fourth-order valence-corrected chi connectivity index (χ4v) is 2.48. The van der Waals surface area contributed by atoms with Crippen molar-refractivity contribution >= 4 is 35.0 Å². The van der Waals surface area contributed by atoms with E-state index < -0.39 is 0 Å².